The zero-order chi connectivity index (χ0) is 18.8. The molecular weight excluding hydrogens is 389 g/mol. The molecule has 0 saturated carbocycles. The molecule has 0 unspecified atom stereocenters. The maximum absolute atomic E-state index is 11.9. The van der Waals surface area contributed by atoms with Crippen LogP contribution in [0.5, 0.6) is 5.75 Å². The molecule has 0 bridgehead atoms. The molecule has 0 atom stereocenters. The van der Waals surface area contributed by atoms with E-state index in [9.17, 15) is 4.79 Å². The first kappa shape index (κ1) is 20.9. The lowest BCUT2D eigenvalue weighted by molar-refractivity contribution is -0.118. The highest BCUT2D eigenvalue weighted by atomic mass is 35.5. The minimum absolute atomic E-state index is 0.0277. The van der Waals surface area contributed by atoms with Crippen molar-refractivity contribution < 1.29 is 9.53 Å². The SMILES string of the molecule is CCCc1ccc(OCCNC(=O)CSCc2c(Cl)cccc2Cl)cc1. The zero-order valence-corrected chi connectivity index (χ0v) is 17.1. The van der Waals surface area contributed by atoms with Crippen LogP contribution in [0.3, 0.4) is 0 Å². The Labute approximate surface area is 169 Å². The molecule has 1 N–H and O–H groups in total. The van der Waals surface area contributed by atoms with Crippen LogP contribution >= 0.6 is 35.0 Å². The van der Waals surface area contributed by atoms with Gasteiger partial charge in [0, 0.05) is 15.8 Å². The minimum Gasteiger partial charge on any atom is -0.492 e. The third kappa shape index (κ3) is 7.10. The predicted molar refractivity (Wildman–Crippen MR) is 112 cm³/mol. The van der Waals surface area contributed by atoms with E-state index < -0.39 is 0 Å². The Morgan fingerprint density at radius 2 is 1.81 bits per heavy atom. The van der Waals surface area contributed by atoms with E-state index in [2.05, 4.69) is 24.4 Å². The van der Waals surface area contributed by atoms with Crippen molar-refractivity contribution in [3.8, 4) is 5.75 Å². The molecule has 140 valence electrons. The number of benzene rings is 2. The number of ether oxygens (including phenoxy) is 1. The standard InChI is InChI=1S/C20H23Cl2NO2S/c1-2-4-15-7-9-16(10-8-15)25-12-11-23-20(24)14-26-13-17-18(21)5-3-6-19(17)22/h3,5-10H,2,4,11-14H2,1H3,(H,23,24). The average molecular weight is 412 g/mol. The molecule has 3 nitrogen and oxygen atoms in total. The fourth-order valence-corrected chi connectivity index (χ4v) is 3.96. The smallest absolute Gasteiger partial charge is 0.230 e. The molecular formula is C20H23Cl2NO2S. The highest BCUT2D eigenvalue weighted by Gasteiger charge is 2.07. The third-order valence-corrected chi connectivity index (χ3v) is 5.36. The van der Waals surface area contributed by atoms with Crippen molar-refractivity contribution in [3.63, 3.8) is 0 Å². The van der Waals surface area contributed by atoms with Crippen LogP contribution in [0.15, 0.2) is 42.5 Å². The minimum atomic E-state index is -0.0277. The molecule has 1 amide bonds. The van der Waals surface area contributed by atoms with Crippen LogP contribution in [0, 0.1) is 0 Å². The second kappa shape index (κ2) is 11.4. The molecule has 0 saturated heterocycles. The fourth-order valence-electron chi connectivity index (χ4n) is 2.37. The van der Waals surface area contributed by atoms with Crippen LogP contribution in [0.1, 0.15) is 24.5 Å². The first-order chi connectivity index (χ1) is 12.6. The summed E-state index contributed by atoms with van der Waals surface area (Å²) in [5, 5.41) is 4.11. The number of thioether (sulfide) groups is 1. The van der Waals surface area contributed by atoms with Crippen LogP contribution < -0.4 is 10.1 Å². The number of aryl methyl sites for hydroxylation is 1. The first-order valence-corrected chi connectivity index (χ1v) is 10.5. The van der Waals surface area contributed by atoms with Gasteiger partial charge in [-0.25, -0.2) is 0 Å². The molecule has 0 aliphatic carbocycles. The number of carbonyl (C=O) groups is 1. The van der Waals surface area contributed by atoms with Crippen LogP contribution in [0.25, 0.3) is 0 Å². The summed E-state index contributed by atoms with van der Waals surface area (Å²) in [5.41, 5.74) is 2.17. The highest BCUT2D eigenvalue weighted by molar-refractivity contribution is 7.99. The number of amides is 1. The van der Waals surface area contributed by atoms with Crippen LogP contribution in [0.2, 0.25) is 10.0 Å². The van der Waals surface area contributed by atoms with Crippen LogP contribution in [0.4, 0.5) is 0 Å². The van der Waals surface area contributed by atoms with Gasteiger partial charge in [0.15, 0.2) is 0 Å². The molecule has 0 fully saturated rings. The molecule has 0 spiro atoms. The molecule has 0 aliphatic heterocycles. The molecule has 26 heavy (non-hydrogen) atoms. The number of hydrogen-bond acceptors (Lipinski definition) is 3. The lowest BCUT2D eigenvalue weighted by Crippen LogP contribution is -2.29. The van der Waals surface area contributed by atoms with Gasteiger partial charge in [-0.2, -0.15) is 0 Å². The largest absolute Gasteiger partial charge is 0.492 e. The normalized spacial score (nSPS) is 10.6. The quantitative estimate of drug-likeness (QED) is 0.533. The number of carbonyl (C=O) groups excluding carboxylic acids is 1. The molecule has 2 aromatic rings. The summed E-state index contributed by atoms with van der Waals surface area (Å²) in [6.45, 7) is 3.08. The van der Waals surface area contributed by atoms with Gasteiger partial charge in [0.2, 0.25) is 5.91 Å². The van der Waals surface area contributed by atoms with Gasteiger partial charge in [-0.1, -0.05) is 54.7 Å². The average Bonchev–Trinajstić information content (AvgIpc) is 2.63. The van der Waals surface area contributed by atoms with Crippen LogP contribution in [-0.4, -0.2) is 24.8 Å². The molecule has 0 radical (unpaired) electrons. The second-order valence-corrected chi connectivity index (χ2v) is 7.59. The summed E-state index contributed by atoms with van der Waals surface area (Å²) in [4.78, 5) is 11.9. The summed E-state index contributed by atoms with van der Waals surface area (Å²) >= 11 is 13.7. The maximum atomic E-state index is 11.9. The molecule has 6 heteroatoms. The lowest BCUT2D eigenvalue weighted by atomic mass is 10.1. The van der Waals surface area contributed by atoms with Crippen LogP contribution in [-0.2, 0) is 17.0 Å². The van der Waals surface area contributed by atoms with Gasteiger partial charge in [-0.3, -0.25) is 4.79 Å². The summed E-state index contributed by atoms with van der Waals surface area (Å²) in [5.74, 6) is 1.75. The molecule has 2 rings (SSSR count). The molecule has 0 heterocycles. The van der Waals surface area contributed by atoms with Crippen molar-refractivity contribution in [3.05, 3.63) is 63.6 Å². The Kier molecular flexibility index (Phi) is 9.16. The van der Waals surface area contributed by atoms with E-state index in [0.29, 0.717) is 34.7 Å². The Hall–Kier alpha value is -1.36. The van der Waals surface area contributed by atoms with Crippen molar-refractivity contribution in [1.29, 1.82) is 0 Å². The third-order valence-electron chi connectivity index (χ3n) is 3.70. The zero-order valence-electron chi connectivity index (χ0n) is 14.8. The second-order valence-electron chi connectivity index (χ2n) is 5.79. The Morgan fingerprint density at radius 3 is 2.46 bits per heavy atom. The van der Waals surface area contributed by atoms with E-state index in [1.54, 1.807) is 12.1 Å². The van der Waals surface area contributed by atoms with E-state index in [1.807, 2.05) is 18.2 Å². The van der Waals surface area contributed by atoms with Gasteiger partial charge in [-0.05, 0) is 41.8 Å². The number of nitrogens with one attached hydrogen (secondary N) is 1. The summed E-state index contributed by atoms with van der Waals surface area (Å²) in [6.07, 6.45) is 2.21. The first-order valence-electron chi connectivity index (χ1n) is 8.59. The Balaban J connectivity index is 1.61. The van der Waals surface area contributed by atoms with Gasteiger partial charge >= 0.3 is 0 Å². The van der Waals surface area contributed by atoms with E-state index in [1.165, 1.54) is 17.3 Å². The monoisotopic (exact) mass is 411 g/mol. The van der Waals surface area contributed by atoms with Gasteiger partial charge < -0.3 is 10.1 Å². The molecule has 0 aliphatic rings. The van der Waals surface area contributed by atoms with E-state index in [-0.39, 0.29) is 5.91 Å². The summed E-state index contributed by atoms with van der Waals surface area (Å²) < 4.78 is 5.64. The predicted octanol–water partition coefficient (Wildman–Crippen LogP) is 5.37. The van der Waals surface area contributed by atoms with Gasteiger partial charge in [-0.15, -0.1) is 11.8 Å². The van der Waals surface area contributed by atoms with Gasteiger partial charge in [0.25, 0.3) is 0 Å². The highest BCUT2D eigenvalue weighted by Crippen LogP contribution is 2.28. The van der Waals surface area contributed by atoms with Crippen molar-refractivity contribution in [2.45, 2.75) is 25.5 Å². The van der Waals surface area contributed by atoms with Crippen molar-refractivity contribution in [2.75, 3.05) is 18.9 Å². The fraction of sp³-hybridized carbons (Fsp3) is 0.350. The van der Waals surface area contributed by atoms with E-state index in [0.717, 1.165) is 24.2 Å². The number of hydrogen-bond donors (Lipinski definition) is 1. The number of rotatable bonds is 10. The van der Waals surface area contributed by atoms with E-state index >= 15 is 0 Å². The topological polar surface area (TPSA) is 38.3 Å². The van der Waals surface area contributed by atoms with Crippen molar-refractivity contribution >= 4 is 40.9 Å². The Morgan fingerprint density at radius 1 is 1.12 bits per heavy atom. The van der Waals surface area contributed by atoms with Crippen molar-refractivity contribution in [2.24, 2.45) is 0 Å². The summed E-state index contributed by atoms with van der Waals surface area (Å²) in [6, 6.07) is 13.5. The van der Waals surface area contributed by atoms with Gasteiger partial charge in [0.05, 0.1) is 12.3 Å². The molecule has 0 aromatic heterocycles. The summed E-state index contributed by atoms with van der Waals surface area (Å²) in [7, 11) is 0. The van der Waals surface area contributed by atoms with Gasteiger partial charge in [0.1, 0.15) is 12.4 Å². The molecule has 2 aromatic carbocycles. The maximum Gasteiger partial charge on any atom is 0.230 e. The number of halogens is 2. The Bertz CT molecular complexity index is 687. The van der Waals surface area contributed by atoms with Crippen molar-refractivity contribution in [1.82, 2.24) is 5.32 Å². The lowest BCUT2D eigenvalue weighted by Gasteiger charge is -2.09. The van der Waals surface area contributed by atoms with E-state index in [4.69, 9.17) is 27.9 Å².